The fourth-order valence-corrected chi connectivity index (χ4v) is 3.26. The summed E-state index contributed by atoms with van der Waals surface area (Å²) in [7, 11) is 0. The molecule has 4 aromatic carbocycles. The van der Waals surface area contributed by atoms with Gasteiger partial charge >= 0.3 is 0 Å². The first-order valence-corrected chi connectivity index (χ1v) is 11.4. The first-order valence-electron chi connectivity index (χ1n) is 11.4. The Hall–Kier alpha value is -4.84. The average molecular weight is 477 g/mol. The zero-order valence-corrected chi connectivity index (χ0v) is 20.3. The standard InChI is InChI=1S/C15H12N2.C9H8O2.C6H8N2/c1-11-15(12-7-3-2-4-8-12)17-14-10-6-5-9-13(14)16-11;1-7(10)9(11)8-5-3-2-4-6-8;7-5-3-1-2-4-6(5)8/h2-10H,1H3;2-6H,1H3;1-4H,7-8H2. The number of hydrogen-bond acceptors (Lipinski definition) is 6. The highest BCUT2D eigenvalue weighted by molar-refractivity contribution is 6.42. The third kappa shape index (κ3) is 7.08. The van der Waals surface area contributed by atoms with Gasteiger partial charge in [0.05, 0.1) is 33.8 Å². The fraction of sp³-hybridized carbons (Fsp3) is 0.0667. The van der Waals surface area contributed by atoms with Gasteiger partial charge < -0.3 is 11.5 Å². The molecule has 0 aliphatic rings. The number of aromatic nitrogens is 2. The molecular formula is C30H28N4O2. The van der Waals surface area contributed by atoms with E-state index < -0.39 is 11.6 Å². The number of carbonyl (C=O) groups excluding carboxylic acids is 2. The van der Waals surface area contributed by atoms with Crippen LogP contribution >= 0.6 is 0 Å². The molecule has 0 saturated heterocycles. The zero-order valence-electron chi connectivity index (χ0n) is 20.3. The van der Waals surface area contributed by atoms with Crippen molar-refractivity contribution in [1.82, 2.24) is 9.97 Å². The zero-order chi connectivity index (χ0) is 25.9. The summed E-state index contributed by atoms with van der Waals surface area (Å²) in [5.74, 6) is -0.846. The lowest BCUT2D eigenvalue weighted by Gasteiger charge is -2.06. The van der Waals surface area contributed by atoms with Crippen molar-refractivity contribution in [2.75, 3.05) is 11.5 Å². The van der Waals surface area contributed by atoms with Gasteiger partial charge in [0, 0.05) is 18.1 Å². The Labute approximate surface area is 210 Å². The molecule has 5 aromatic rings. The molecule has 4 N–H and O–H groups in total. The molecule has 0 amide bonds. The molecule has 0 atom stereocenters. The van der Waals surface area contributed by atoms with Gasteiger partial charge in [-0.05, 0) is 31.2 Å². The van der Waals surface area contributed by atoms with Crippen LogP contribution in [0.25, 0.3) is 22.3 Å². The monoisotopic (exact) mass is 476 g/mol. The number of carbonyl (C=O) groups is 2. The number of hydrogen-bond donors (Lipinski definition) is 2. The van der Waals surface area contributed by atoms with Gasteiger partial charge in [0.2, 0.25) is 5.78 Å². The van der Waals surface area contributed by atoms with Crippen LogP contribution in [0.2, 0.25) is 0 Å². The van der Waals surface area contributed by atoms with Gasteiger partial charge in [-0.25, -0.2) is 9.97 Å². The van der Waals surface area contributed by atoms with Crippen molar-refractivity contribution in [2.45, 2.75) is 13.8 Å². The van der Waals surface area contributed by atoms with Crippen molar-refractivity contribution in [2.24, 2.45) is 0 Å². The summed E-state index contributed by atoms with van der Waals surface area (Å²) in [5, 5.41) is 0. The average Bonchev–Trinajstić information content (AvgIpc) is 2.91. The Balaban J connectivity index is 0.000000164. The van der Waals surface area contributed by atoms with Gasteiger partial charge in [-0.15, -0.1) is 0 Å². The molecule has 0 saturated carbocycles. The number of ketones is 2. The van der Waals surface area contributed by atoms with E-state index in [4.69, 9.17) is 11.5 Å². The molecule has 6 nitrogen and oxygen atoms in total. The molecular weight excluding hydrogens is 448 g/mol. The van der Waals surface area contributed by atoms with Gasteiger partial charge in [0.15, 0.2) is 5.78 Å². The summed E-state index contributed by atoms with van der Waals surface area (Å²) < 4.78 is 0. The number of rotatable bonds is 3. The number of Topliss-reactive ketones (excluding diaryl/α,β-unsaturated/α-hetero) is 2. The number of anilines is 2. The van der Waals surface area contributed by atoms with Crippen LogP contribution in [0.5, 0.6) is 0 Å². The Morgan fingerprint density at radius 3 is 1.56 bits per heavy atom. The first kappa shape index (κ1) is 25.8. The Morgan fingerprint density at radius 1 is 0.611 bits per heavy atom. The van der Waals surface area contributed by atoms with Gasteiger partial charge in [-0.3, -0.25) is 9.59 Å². The van der Waals surface area contributed by atoms with Crippen molar-refractivity contribution in [1.29, 1.82) is 0 Å². The van der Waals surface area contributed by atoms with Gasteiger partial charge in [0.25, 0.3) is 0 Å². The SMILES string of the molecule is CC(=O)C(=O)c1ccccc1.Cc1nc2ccccc2nc1-c1ccccc1.Nc1ccccc1N. The van der Waals surface area contributed by atoms with E-state index in [0.29, 0.717) is 16.9 Å². The van der Waals surface area contributed by atoms with Crippen LogP contribution in [0.3, 0.4) is 0 Å². The molecule has 1 aromatic heterocycles. The van der Waals surface area contributed by atoms with E-state index >= 15 is 0 Å². The molecule has 0 aliphatic heterocycles. The molecule has 0 radical (unpaired) electrons. The summed E-state index contributed by atoms with van der Waals surface area (Å²) in [5.41, 5.74) is 17.5. The van der Waals surface area contributed by atoms with E-state index in [2.05, 4.69) is 22.1 Å². The lowest BCUT2D eigenvalue weighted by Crippen LogP contribution is -2.08. The van der Waals surface area contributed by atoms with Crippen LogP contribution in [0.1, 0.15) is 23.0 Å². The maximum atomic E-state index is 11.0. The normalized spacial score (nSPS) is 9.83. The molecule has 1 heterocycles. The van der Waals surface area contributed by atoms with Crippen LogP contribution in [0.4, 0.5) is 11.4 Å². The van der Waals surface area contributed by atoms with Crippen LogP contribution in [0.15, 0.2) is 109 Å². The summed E-state index contributed by atoms with van der Waals surface area (Å²) in [6.07, 6.45) is 0. The van der Waals surface area contributed by atoms with Crippen LogP contribution in [-0.4, -0.2) is 21.5 Å². The second-order valence-electron chi connectivity index (χ2n) is 7.89. The van der Waals surface area contributed by atoms with E-state index in [1.54, 1.807) is 42.5 Å². The molecule has 6 heteroatoms. The molecule has 36 heavy (non-hydrogen) atoms. The molecule has 0 bridgehead atoms. The molecule has 0 unspecified atom stereocenters. The Bertz CT molecular complexity index is 1430. The lowest BCUT2D eigenvalue weighted by atomic mass is 10.1. The number of para-hydroxylation sites is 4. The van der Waals surface area contributed by atoms with Crippen LogP contribution < -0.4 is 11.5 Å². The maximum Gasteiger partial charge on any atom is 0.228 e. The molecule has 0 aliphatic carbocycles. The number of nitrogens with zero attached hydrogens (tertiary/aromatic N) is 2. The molecule has 0 fully saturated rings. The predicted octanol–water partition coefficient (Wildman–Crippen LogP) is 5.91. The second-order valence-corrected chi connectivity index (χ2v) is 7.89. The second kappa shape index (κ2) is 12.6. The minimum absolute atomic E-state index is 0.420. The molecule has 0 spiro atoms. The van der Waals surface area contributed by atoms with Crippen LogP contribution in [0, 0.1) is 6.92 Å². The summed E-state index contributed by atoms with van der Waals surface area (Å²) in [4.78, 5) is 30.9. The fourth-order valence-electron chi connectivity index (χ4n) is 3.26. The number of nitrogen functional groups attached to an aromatic ring is 2. The minimum Gasteiger partial charge on any atom is -0.397 e. The predicted molar refractivity (Wildman–Crippen MR) is 146 cm³/mol. The van der Waals surface area contributed by atoms with Gasteiger partial charge in [0.1, 0.15) is 0 Å². The molecule has 5 rings (SSSR count). The topological polar surface area (TPSA) is 112 Å². The van der Waals surface area contributed by atoms with Crippen LogP contribution in [-0.2, 0) is 4.79 Å². The highest BCUT2D eigenvalue weighted by atomic mass is 16.2. The maximum absolute atomic E-state index is 11.0. The number of nitrogens with two attached hydrogens (primary N) is 2. The Morgan fingerprint density at radius 2 is 1.06 bits per heavy atom. The van der Waals surface area contributed by atoms with Crippen molar-refractivity contribution < 1.29 is 9.59 Å². The summed E-state index contributed by atoms with van der Waals surface area (Å²) in [6, 6.07) is 33.9. The quantitative estimate of drug-likeness (QED) is 0.190. The smallest absolute Gasteiger partial charge is 0.228 e. The largest absolute Gasteiger partial charge is 0.397 e. The van der Waals surface area contributed by atoms with Crippen molar-refractivity contribution in [3.63, 3.8) is 0 Å². The molecule has 180 valence electrons. The number of fused-ring (bicyclic) bond motifs is 1. The van der Waals surface area contributed by atoms with E-state index in [0.717, 1.165) is 28.0 Å². The minimum atomic E-state index is -0.425. The third-order valence-corrected chi connectivity index (χ3v) is 5.14. The summed E-state index contributed by atoms with van der Waals surface area (Å²) in [6.45, 7) is 3.27. The van der Waals surface area contributed by atoms with Gasteiger partial charge in [-0.1, -0.05) is 84.9 Å². The Kier molecular flexibility index (Phi) is 9.00. The van der Waals surface area contributed by atoms with E-state index in [-0.39, 0.29) is 0 Å². The highest BCUT2D eigenvalue weighted by Gasteiger charge is 2.09. The van der Waals surface area contributed by atoms with Crippen molar-refractivity contribution >= 4 is 34.0 Å². The summed E-state index contributed by atoms with van der Waals surface area (Å²) >= 11 is 0. The lowest BCUT2D eigenvalue weighted by molar-refractivity contribution is -0.113. The third-order valence-electron chi connectivity index (χ3n) is 5.14. The van der Waals surface area contributed by atoms with E-state index in [1.807, 2.05) is 61.5 Å². The van der Waals surface area contributed by atoms with Crippen molar-refractivity contribution in [3.8, 4) is 11.3 Å². The number of aryl methyl sites for hydroxylation is 1. The van der Waals surface area contributed by atoms with E-state index in [1.165, 1.54) is 6.92 Å². The first-order chi connectivity index (χ1) is 17.4. The highest BCUT2D eigenvalue weighted by Crippen LogP contribution is 2.22. The number of benzene rings is 4. The van der Waals surface area contributed by atoms with Crippen molar-refractivity contribution in [3.05, 3.63) is 120 Å². The van der Waals surface area contributed by atoms with Gasteiger partial charge in [-0.2, -0.15) is 0 Å². The van der Waals surface area contributed by atoms with E-state index in [9.17, 15) is 9.59 Å².